The van der Waals surface area contributed by atoms with Crippen molar-refractivity contribution in [1.29, 1.82) is 0 Å². The van der Waals surface area contributed by atoms with Crippen LogP contribution in [0.1, 0.15) is 51.0 Å². The van der Waals surface area contributed by atoms with Crippen molar-refractivity contribution in [1.82, 2.24) is 9.71 Å². The first-order valence-corrected chi connectivity index (χ1v) is 9.85. The van der Waals surface area contributed by atoms with Crippen LogP contribution in [0.25, 0.3) is 0 Å². The molecule has 0 aromatic carbocycles. The predicted octanol–water partition coefficient (Wildman–Crippen LogP) is 4.69. The highest BCUT2D eigenvalue weighted by Gasteiger charge is 2.46. The number of ether oxygens (including phenoxy) is 1. The molecule has 1 N–H and O–H groups in total. The number of nitrogens with zero attached hydrogens (tertiary/aromatic N) is 1. The molecule has 1 aromatic heterocycles. The summed E-state index contributed by atoms with van der Waals surface area (Å²) in [5, 5.41) is 0. The van der Waals surface area contributed by atoms with Crippen molar-refractivity contribution in [3.63, 3.8) is 0 Å². The Kier molecular flexibility index (Phi) is 7.13. The maximum atomic E-state index is 13.6. The van der Waals surface area contributed by atoms with Gasteiger partial charge in [-0.05, 0) is 45.7 Å². The molecule has 1 unspecified atom stereocenters. The van der Waals surface area contributed by atoms with E-state index in [2.05, 4.69) is 9.71 Å². The molecule has 0 saturated carbocycles. The number of hydrogen-bond donors (Lipinski definition) is 1. The molecule has 2 heterocycles. The van der Waals surface area contributed by atoms with E-state index < -0.39 is 71.1 Å². The van der Waals surface area contributed by atoms with E-state index in [1.807, 2.05) is 0 Å². The van der Waals surface area contributed by atoms with Crippen LogP contribution in [0.2, 0.25) is 0 Å². The van der Waals surface area contributed by atoms with Crippen molar-refractivity contribution < 1.29 is 40.0 Å². The number of pyridine rings is 1. The zero-order valence-corrected chi connectivity index (χ0v) is 16.6. The van der Waals surface area contributed by atoms with Crippen LogP contribution < -0.4 is 4.72 Å². The molecule has 166 valence electrons. The van der Waals surface area contributed by atoms with Crippen molar-refractivity contribution in [2.24, 2.45) is 5.92 Å². The second kappa shape index (κ2) is 8.56. The molecule has 1 fully saturated rings. The molecule has 0 aliphatic carbocycles. The van der Waals surface area contributed by atoms with Crippen LogP contribution >= 0.6 is 0 Å². The summed E-state index contributed by atoms with van der Waals surface area (Å²) in [4.78, 5) is 3.35. The lowest BCUT2D eigenvalue weighted by molar-refractivity contribution is -0.236. The SMILES string of the molecule is CC(C)(C)[S+]([O-])N[C@@H](c1ccc(F)c(C(F)(F)F)n1)[C@H]1CC[C@H](C(F)(F)F)OC1. The Balaban J connectivity index is 2.34. The highest BCUT2D eigenvalue weighted by Crippen LogP contribution is 2.38. The van der Waals surface area contributed by atoms with Crippen molar-refractivity contribution >= 4 is 11.4 Å². The number of hydrogen-bond acceptors (Lipinski definition) is 4. The van der Waals surface area contributed by atoms with Gasteiger partial charge in [0.1, 0.15) is 4.75 Å². The maximum Gasteiger partial charge on any atom is 0.436 e. The molecule has 0 spiro atoms. The second-order valence-electron chi connectivity index (χ2n) is 7.74. The highest BCUT2D eigenvalue weighted by molar-refractivity contribution is 7.90. The van der Waals surface area contributed by atoms with E-state index in [9.17, 15) is 35.3 Å². The topological polar surface area (TPSA) is 57.2 Å². The van der Waals surface area contributed by atoms with Gasteiger partial charge in [-0.1, -0.05) is 0 Å². The molecule has 2 rings (SSSR count). The van der Waals surface area contributed by atoms with Gasteiger partial charge in [0.15, 0.2) is 17.6 Å². The fourth-order valence-electron chi connectivity index (χ4n) is 2.81. The molecule has 4 nitrogen and oxygen atoms in total. The molecular weight excluding hydrogens is 429 g/mol. The van der Waals surface area contributed by atoms with E-state index in [1.165, 1.54) is 0 Å². The Morgan fingerprint density at radius 1 is 1.14 bits per heavy atom. The van der Waals surface area contributed by atoms with Gasteiger partial charge in [0.05, 0.1) is 18.3 Å². The molecule has 1 aromatic rings. The standard InChI is InChI=1S/C17H21F7N2O2S/c1-15(2,3)29(27)26-13(9-4-7-12(28-8-9)16(19,20)21)11-6-5-10(18)14(25-11)17(22,23)24/h5-6,9,12-13,26H,4,7-8H2,1-3H3/t9-,12+,13+,29?/m0/s1. The fourth-order valence-corrected chi connectivity index (χ4v) is 3.71. The van der Waals surface area contributed by atoms with E-state index in [1.54, 1.807) is 20.8 Å². The van der Waals surface area contributed by atoms with Crippen LogP contribution in [-0.4, -0.2) is 33.2 Å². The molecule has 1 saturated heterocycles. The van der Waals surface area contributed by atoms with Crippen LogP contribution in [0, 0.1) is 11.7 Å². The summed E-state index contributed by atoms with van der Waals surface area (Å²) in [6.07, 6.45) is -12.0. The summed E-state index contributed by atoms with van der Waals surface area (Å²) in [7, 11) is 0. The molecule has 12 heteroatoms. The van der Waals surface area contributed by atoms with Gasteiger partial charge in [-0.25, -0.2) is 9.37 Å². The van der Waals surface area contributed by atoms with Gasteiger partial charge in [0.25, 0.3) is 0 Å². The first-order valence-electron chi connectivity index (χ1n) is 8.70. The molecule has 0 bridgehead atoms. The predicted molar refractivity (Wildman–Crippen MR) is 91.5 cm³/mol. The third-order valence-electron chi connectivity index (χ3n) is 4.39. The number of alkyl halides is 6. The molecule has 1 aliphatic rings. The van der Waals surface area contributed by atoms with Crippen molar-refractivity contribution in [3.05, 3.63) is 29.3 Å². The average Bonchev–Trinajstić information content (AvgIpc) is 2.57. The summed E-state index contributed by atoms with van der Waals surface area (Å²) >= 11 is -1.77. The number of nitrogens with one attached hydrogen (secondary N) is 1. The summed E-state index contributed by atoms with van der Waals surface area (Å²) in [5.41, 5.74) is -2.01. The Bertz CT molecular complexity index is 698. The Morgan fingerprint density at radius 3 is 2.21 bits per heavy atom. The van der Waals surface area contributed by atoms with E-state index in [-0.39, 0.29) is 12.1 Å². The van der Waals surface area contributed by atoms with Gasteiger partial charge in [0.2, 0.25) is 0 Å². The van der Waals surface area contributed by atoms with Crippen LogP contribution in [0.4, 0.5) is 30.7 Å². The van der Waals surface area contributed by atoms with Crippen molar-refractivity contribution in [2.45, 2.75) is 62.9 Å². The molecular formula is C17H21F7N2O2S. The lowest BCUT2D eigenvalue weighted by atomic mass is 9.89. The second-order valence-corrected chi connectivity index (χ2v) is 9.74. The van der Waals surface area contributed by atoms with Crippen LogP contribution in [0.5, 0.6) is 0 Å². The number of halogens is 7. The lowest BCUT2D eigenvalue weighted by Crippen LogP contribution is -2.46. The summed E-state index contributed by atoms with van der Waals surface area (Å²) < 4.78 is 110. The van der Waals surface area contributed by atoms with Gasteiger partial charge in [-0.3, -0.25) is 0 Å². The molecule has 29 heavy (non-hydrogen) atoms. The van der Waals surface area contributed by atoms with Crippen LogP contribution in [0.15, 0.2) is 12.1 Å². The highest BCUT2D eigenvalue weighted by atomic mass is 32.2. The van der Waals surface area contributed by atoms with Crippen LogP contribution in [-0.2, 0) is 22.3 Å². The van der Waals surface area contributed by atoms with Gasteiger partial charge >= 0.3 is 12.4 Å². The Labute approximate surface area is 166 Å². The minimum absolute atomic E-state index is 0.0520. The lowest BCUT2D eigenvalue weighted by Gasteiger charge is -2.36. The maximum absolute atomic E-state index is 13.6. The number of rotatable bonds is 4. The van der Waals surface area contributed by atoms with E-state index >= 15 is 0 Å². The first-order chi connectivity index (χ1) is 13.1. The van der Waals surface area contributed by atoms with Crippen molar-refractivity contribution in [2.75, 3.05) is 6.61 Å². The van der Waals surface area contributed by atoms with Gasteiger partial charge in [-0.2, -0.15) is 26.3 Å². The largest absolute Gasteiger partial charge is 0.598 e. The van der Waals surface area contributed by atoms with E-state index in [0.29, 0.717) is 6.07 Å². The zero-order chi connectivity index (χ0) is 22.2. The van der Waals surface area contributed by atoms with Crippen molar-refractivity contribution in [3.8, 4) is 0 Å². The van der Waals surface area contributed by atoms with E-state index in [4.69, 9.17) is 4.74 Å². The monoisotopic (exact) mass is 450 g/mol. The third kappa shape index (κ3) is 6.19. The Hall–Kier alpha value is -1.11. The van der Waals surface area contributed by atoms with E-state index in [0.717, 1.165) is 6.07 Å². The van der Waals surface area contributed by atoms with Gasteiger partial charge in [0, 0.05) is 17.3 Å². The van der Waals surface area contributed by atoms with Crippen LogP contribution in [0.3, 0.4) is 0 Å². The fraction of sp³-hybridized carbons (Fsp3) is 0.706. The minimum Gasteiger partial charge on any atom is -0.598 e. The number of aromatic nitrogens is 1. The third-order valence-corrected chi connectivity index (χ3v) is 5.97. The zero-order valence-electron chi connectivity index (χ0n) is 15.8. The Morgan fingerprint density at radius 2 is 1.76 bits per heavy atom. The smallest absolute Gasteiger partial charge is 0.436 e. The average molecular weight is 450 g/mol. The molecule has 1 aliphatic heterocycles. The quantitative estimate of drug-likeness (QED) is 0.534. The minimum atomic E-state index is -5.06. The van der Waals surface area contributed by atoms with Gasteiger partial charge < -0.3 is 9.29 Å². The normalized spacial score (nSPS) is 23.7. The summed E-state index contributed by atoms with van der Waals surface area (Å²) in [6, 6.07) is 0.464. The molecule has 0 amide bonds. The first kappa shape index (κ1) is 24.2. The molecule has 0 radical (unpaired) electrons. The molecule has 4 atom stereocenters. The summed E-state index contributed by atoms with van der Waals surface area (Å²) in [5.74, 6) is -2.31. The summed E-state index contributed by atoms with van der Waals surface area (Å²) in [6.45, 7) is 4.42. The van der Waals surface area contributed by atoms with Gasteiger partial charge in [-0.15, -0.1) is 4.72 Å².